The maximum absolute atomic E-state index is 12.0. The molecule has 0 aromatic carbocycles. The zero-order valence-corrected chi connectivity index (χ0v) is 14.9. The fraction of sp³-hybridized carbons (Fsp3) is 0.389. The van der Waals surface area contributed by atoms with Gasteiger partial charge in [-0.05, 0) is 43.2 Å². The molecule has 1 N–H and O–H groups in total. The third-order valence-electron chi connectivity index (χ3n) is 4.07. The van der Waals surface area contributed by atoms with Gasteiger partial charge in [-0.2, -0.15) is 0 Å². The van der Waals surface area contributed by atoms with E-state index in [9.17, 15) is 4.79 Å². The average molecular weight is 359 g/mol. The summed E-state index contributed by atoms with van der Waals surface area (Å²) >= 11 is 1.61. The Hall–Kier alpha value is -2.41. The predicted octanol–water partition coefficient (Wildman–Crippen LogP) is 3.07. The standard InChI is InChI=1S/C18H21N3O3S/c1-23-17-18(20-11-10-19-17)24-14-6-4-13(5-7-14)21-16(22)9-8-15-3-2-12-25-15/h2-3,8-14H,4-7H2,1H3,(H,21,22)/b9-8+. The van der Waals surface area contributed by atoms with Crippen LogP contribution in [0.15, 0.2) is 36.0 Å². The molecule has 0 unspecified atom stereocenters. The lowest BCUT2D eigenvalue weighted by Crippen LogP contribution is -2.39. The van der Waals surface area contributed by atoms with Crippen LogP contribution < -0.4 is 14.8 Å². The van der Waals surface area contributed by atoms with E-state index in [0.717, 1.165) is 30.6 Å². The van der Waals surface area contributed by atoms with Gasteiger partial charge in [0.05, 0.1) is 7.11 Å². The van der Waals surface area contributed by atoms with Crippen molar-refractivity contribution in [1.82, 2.24) is 15.3 Å². The van der Waals surface area contributed by atoms with E-state index < -0.39 is 0 Å². The Morgan fingerprint density at radius 1 is 1.24 bits per heavy atom. The number of methoxy groups -OCH3 is 1. The molecule has 0 radical (unpaired) electrons. The lowest BCUT2D eigenvalue weighted by molar-refractivity contribution is -0.117. The number of nitrogens with one attached hydrogen (secondary N) is 1. The summed E-state index contributed by atoms with van der Waals surface area (Å²) in [6, 6.07) is 4.14. The van der Waals surface area contributed by atoms with Crippen LogP contribution in [0.5, 0.6) is 11.8 Å². The van der Waals surface area contributed by atoms with Crippen molar-refractivity contribution in [3.05, 3.63) is 40.9 Å². The number of aromatic nitrogens is 2. The monoisotopic (exact) mass is 359 g/mol. The minimum Gasteiger partial charge on any atom is -0.477 e. The molecule has 2 heterocycles. The molecule has 1 fully saturated rings. The molecule has 2 aromatic heterocycles. The van der Waals surface area contributed by atoms with Crippen molar-refractivity contribution in [2.75, 3.05) is 7.11 Å². The number of hydrogen-bond acceptors (Lipinski definition) is 6. The highest BCUT2D eigenvalue weighted by molar-refractivity contribution is 7.10. The molecule has 25 heavy (non-hydrogen) atoms. The number of nitrogens with zero attached hydrogens (tertiary/aromatic N) is 2. The Kier molecular flexibility index (Phi) is 6.00. The van der Waals surface area contributed by atoms with Crippen molar-refractivity contribution >= 4 is 23.3 Å². The summed E-state index contributed by atoms with van der Waals surface area (Å²) in [6.07, 6.45) is 10.1. The second-order valence-electron chi connectivity index (χ2n) is 5.82. The normalized spacial score (nSPS) is 20.4. The maximum atomic E-state index is 12.0. The van der Waals surface area contributed by atoms with Gasteiger partial charge in [-0.1, -0.05) is 6.07 Å². The van der Waals surface area contributed by atoms with Gasteiger partial charge in [0.1, 0.15) is 6.10 Å². The van der Waals surface area contributed by atoms with E-state index in [-0.39, 0.29) is 18.1 Å². The lowest BCUT2D eigenvalue weighted by atomic mass is 9.93. The summed E-state index contributed by atoms with van der Waals surface area (Å²) in [4.78, 5) is 21.3. The number of rotatable bonds is 6. The van der Waals surface area contributed by atoms with E-state index in [1.165, 1.54) is 0 Å². The minimum atomic E-state index is -0.0478. The zero-order chi connectivity index (χ0) is 17.5. The third kappa shape index (κ3) is 5.03. The van der Waals surface area contributed by atoms with Gasteiger partial charge in [-0.25, -0.2) is 9.97 Å². The summed E-state index contributed by atoms with van der Waals surface area (Å²) in [7, 11) is 1.55. The van der Waals surface area contributed by atoms with E-state index >= 15 is 0 Å². The minimum absolute atomic E-state index is 0.0478. The first-order valence-corrected chi connectivity index (χ1v) is 9.16. The van der Waals surface area contributed by atoms with E-state index in [1.807, 2.05) is 23.6 Å². The molecule has 0 spiro atoms. The number of thiophene rings is 1. The van der Waals surface area contributed by atoms with Gasteiger partial charge in [0.15, 0.2) is 0 Å². The van der Waals surface area contributed by atoms with Gasteiger partial charge in [0.2, 0.25) is 5.91 Å². The molecule has 1 amide bonds. The van der Waals surface area contributed by atoms with E-state index in [0.29, 0.717) is 11.8 Å². The fourth-order valence-electron chi connectivity index (χ4n) is 2.81. The molecule has 0 saturated heterocycles. The van der Waals surface area contributed by atoms with E-state index in [4.69, 9.17) is 9.47 Å². The number of carbonyl (C=O) groups excluding carboxylic acids is 1. The molecule has 3 rings (SSSR count). The smallest absolute Gasteiger partial charge is 0.278 e. The molecule has 0 aliphatic heterocycles. The molecule has 1 aliphatic carbocycles. The molecular weight excluding hydrogens is 338 g/mol. The van der Waals surface area contributed by atoms with Gasteiger partial charge in [0, 0.05) is 29.4 Å². The Balaban J connectivity index is 1.44. The van der Waals surface area contributed by atoms with Gasteiger partial charge in [0.25, 0.3) is 11.8 Å². The first-order valence-electron chi connectivity index (χ1n) is 8.28. The average Bonchev–Trinajstić information content (AvgIpc) is 3.16. The van der Waals surface area contributed by atoms with Crippen molar-refractivity contribution in [2.45, 2.75) is 37.8 Å². The van der Waals surface area contributed by atoms with Crippen LogP contribution in [-0.2, 0) is 4.79 Å². The second-order valence-corrected chi connectivity index (χ2v) is 6.80. The first kappa shape index (κ1) is 17.4. The summed E-state index contributed by atoms with van der Waals surface area (Å²) in [5, 5.41) is 5.05. The highest BCUT2D eigenvalue weighted by atomic mass is 32.1. The van der Waals surface area contributed by atoms with Crippen LogP contribution in [-0.4, -0.2) is 35.1 Å². The summed E-state index contributed by atoms with van der Waals surface area (Å²) < 4.78 is 11.1. The molecule has 7 heteroatoms. The maximum Gasteiger partial charge on any atom is 0.278 e. The van der Waals surface area contributed by atoms with Crippen LogP contribution in [0.3, 0.4) is 0 Å². The lowest BCUT2D eigenvalue weighted by Gasteiger charge is -2.29. The number of amides is 1. The van der Waals surface area contributed by atoms with Gasteiger partial charge >= 0.3 is 0 Å². The summed E-state index contributed by atoms with van der Waals surface area (Å²) in [5.74, 6) is 0.779. The van der Waals surface area contributed by atoms with Crippen LogP contribution in [0, 0.1) is 0 Å². The van der Waals surface area contributed by atoms with Gasteiger partial charge in [-0.15, -0.1) is 11.3 Å². The van der Waals surface area contributed by atoms with Crippen molar-refractivity contribution in [2.24, 2.45) is 0 Å². The largest absolute Gasteiger partial charge is 0.477 e. The van der Waals surface area contributed by atoms with Crippen LogP contribution in [0.1, 0.15) is 30.6 Å². The van der Waals surface area contributed by atoms with Crippen LogP contribution in [0.4, 0.5) is 0 Å². The van der Waals surface area contributed by atoms with Gasteiger partial charge < -0.3 is 14.8 Å². The number of ether oxygens (including phenoxy) is 2. The second kappa shape index (κ2) is 8.62. The van der Waals surface area contributed by atoms with Crippen LogP contribution >= 0.6 is 11.3 Å². The highest BCUT2D eigenvalue weighted by Crippen LogP contribution is 2.27. The van der Waals surface area contributed by atoms with Crippen molar-refractivity contribution in [3.63, 3.8) is 0 Å². The Morgan fingerprint density at radius 3 is 2.68 bits per heavy atom. The van der Waals surface area contributed by atoms with Crippen molar-refractivity contribution in [1.29, 1.82) is 0 Å². The molecule has 2 aromatic rings. The summed E-state index contributed by atoms with van der Waals surface area (Å²) in [5.41, 5.74) is 0. The first-order chi connectivity index (χ1) is 12.2. The molecule has 1 aliphatic rings. The molecule has 6 nitrogen and oxygen atoms in total. The molecular formula is C18H21N3O3S. The Bertz CT molecular complexity index is 710. The molecule has 132 valence electrons. The number of carbonyl (C=O) groups is 1. The van der Waals surface area contributed by atoms with Crippen molar-refractivity contribution < 1.29 is 14.3 Å². The summed E-state index contributed by atoms with van der Waals surface area (Å²) in [6.45, 7) is 0. The Labute approximate surface area is 150 Å². The topological polar surface area (TPSA) is 73.3 Å². The van der Waals surface area contributed by atoms with E-state index in [2.05, 4.69) is 15.3 Å². The number of hydrogen-bond donors (Lipinski definition) is 1. The third-order valence-corrected chi connectivity index (χ3v) is 4.91. The zero-order valence-electron chi connectivity index (χ0n) is 14.1. The Morgan fingerprint density at radius 2 is 2.00 bits per heavy atom. The van der Waals surface area contributed by atoms with E-state index in [1.54, 1.807) is 36.9 Å². The van der Waals surface area contributed by atoms with Crippen molar-refractivity contribution in [3.8, 4) is 11.8 Å². The SMILES string of the molecule is COc1nccnc1OC1CCC(NC(=O)/C=C/c2cccs2)CC1. The predicted molar refractivity (Wildman–Crippen MR) is 96.8 cm³/mol. The highest BCUT2D eigenvalue weighted by Gasteiger charge is 2.24. The fourth-order valence-corrected chi connectivity index (χ4v) is 3.43. The molecule has 1 saturated carbocycles. The van der Waals surface area contributed by atoms with Crippen LogP contribution in [0.25, 0.3) is 6.08 Å². The molecule has 0 bridgehead atoms. The quantitative estimate of drug-likeness (QED) is 0.803. The molecule has 0 atom stereocenters. The van der Waals surface area contributed by atoms with Gasteiger partial charge in [-0.3, -0.25) is 4.79 Å². The van der Waals surface area contributed by atoms with Crippen LogP contribution in [0.2, 0.25) is 0 Å².